The summed E-state index contributed by atoms with van der Waals surface area (Å²) in [5.41, 5.74) is -0.523. The largest absolute Gasteiger partial charge is 0.525 e. The van der Waals surface area contributed by atoms with Crippen LogP contribution in [0.5, 0.6) is 0 Å². The van der Waals surface area contributed by atoms with Gasteiger partial charge in [-0.1, -0.05) is 6.07 Å². The van der Waals surface area contributed by atoms with Gasteiger partial charge in [0, 0.05) is 5.56 Å². The van der Waals surface area contributed by atoms with E-state index in [0.29, 0.717) is 5.92 Å². The zero-order chi connectivity index (χ0) is 16.1. The van der Waals surface area contributed by atoms with Crippen LogP contribution in [0.2, 0.25) is 0 Å². The maximum Gasteiger partial charge on any atom is 0.525 e. The van der Waals surface area contributed by atoms with Gasteiger partial charge in [0.1, 0.15) is 11.5 Å². The summed E-state index contributed by atoms with van der Waals surface area (Å²) in [5.74, 6) is 0.0590. The molecule has 0 bridgehead atoms. The molecule has 2 fully saturated rings. The first-order chi connectivity index (χ1) is 10.2. The molecule has 0 N–H and O–H groups in total. The lowest BCUT2D eigenvalue weighted by atomic mass is 9.86. The zero-order valence-electron chi connectivity index (χ0n) is 13.5. The van der Waals surface area contributed by atoms with Gasteiger partial charge in [-0.05, 0) is 70.2 Å². The second-order valence-corrected chi connectivity index (χ2v) is 7.17. The van der Waals surface area contributed by atoms with E-state index >= 15 is 0 Å². The van der Waals surface area contributed by atoms with Gasteiger partial charge in [0.05, 0.1) is 11.2 Å². The lowest BCUT2D eigenvalue weighted by Crippen LogP contribution is -2.41. The molecule has 118 valence electrons. The van der Waals surface area contributed by atoms with E-state index in [1.165, 1.54) is 12.1 Å². The highest BCUT2D eigenvalue weighted by atomic mass is 19.1. The van der Waals surface area contributed by atoms with Gasteiger partial charge in [-0.2, -0.15) is 0 Å². The smallest absolute Gasteiger partial charge is 0.398 e. The molecule has 22 heavy (non-hydrogen) atoms. The molecule has 1 aromatic carbocycles. The Morgan fingerprint density at radius 2 is 1.77 bits per heavy atom. The molecular formula is C17H21BF2O2. The zero-order valence-corrected chi connectivity index (χ0v) is 13.5. The molecule has 0 aromatic heterocycles. The molecule has 1 heterocycles. The van der Waals surface area contributed by atoms with E-state index in [-0.39, 0.29) is 5.56 Å². The van der Waals surface area contributed by atoms with Crippen molar-refractivity contribution in [3.8, 4) is 0 Å². The van der Waals surface area contributed by atoms with Crippen molar-refractivity contribution in [2.45, 2.75) is 57.7 Å². The minimum absolute atomic E-state index is 0.247. The first-order valence-corrected chi connectivity index (χ1v) is 7.72. The maximum atomic E-state index is 14.5. The molecule has 0 amide bonds. The molecule has 1 saturated heterocycles. The van der Waals surface area contributed by atoms with Gasteiger partial charge in [-0.25, -0.2) is 8.78 Å². The number of rotatable bonds is 3. The van der Waals surface area contributed by atoms with E-state index < -0.39 is 29.9 Å². The minimum Gasteiger partial charge on any atom is -0.398 e. The normalized spacial score (nSPS) is 23.9. The second kappa shape index (κ2) is 5.17. The Morgan fingerprint density at radius 3 is 2.32 bits per heavy atom. The van der Waals surface area contributed by atoms with Crippen LogP contribution in [0, 0.1) is 5.82 Å². The number of halogens is 2. The van der Waals surface area contributed by atoms with Gasteiger partial charge in [-0.15, -0.1) is 0 Å². The Morgan fingerprint density at radius 1 is 1.18 bits per heavy atom. The van der Waals surface area contributed by atoms with Crippen molar-refractivity contribution in [1.29, 1.82) is 0 Å². The van der Waals surface area contributed by atoms with Crippen molar-refractivity contribution in [3.63, 3.8) is 0 Å². The monoisotopic (exact) mass is 306 g/mol. The number of hydrogen-bond acceptors (Lipinski definition) is 2. The van der Waals surface area contributed by atoms with Crippen molar-refractivity contribution in [3.05, 3.63) is 40.9 Å². The van der Waals surface area contributed by atoms with Crippen molar-refractivity contribution >= 4 is 13.2 Å². The summed E-state index contributed by atoms with van der Waals surface area (Å²) in [6, 6.07) is 4.89. The van der Waals surface area contributed by atoms with Gasteiger partial charge < -0.3 is 9.31 Å². The van der Waals surface area contributed by atoms with Crippen LogP contribution in [0.1, 0.15) is 57.6 Å². The van der Waals surface area contributed by atoms with Crippen molar-refractivity contribution in [1.82, 2.24) is 0 Å². The summed E-state index contributed by atoms with van der Waals surface area (Å²) in [6.45, 7) is 7.42. The van der Waals surface area contributed by atoms with Crippen molar-refractivity contribution < 1.29 is 18.1 Å². The SMILES string of the molecule is CC1(C)OB(C(F)=Cc2cc(C3CC3)ccc2F)OC1(C)C. The van der Waals surface area contributed by atoms with E-state index in [2.05, 4.69) is 0 Å². The molecule has 0 spiro atoms. The third-order valence-electron chi connectivity index (χ3n) is 4.84. The predicted octanol–water partition coefficient (Wildman–Crippen LogP) is 4.64. The average Bonchev–Trinajstić information content (AvgIpc) is 3.21. The molecule has 3 rings (SSSR count). The quantitative estimate of drug-likeness (QED) is 0.757. The highest BCUT2D eigenvalue weighted by Gasteiger charge is 2.53. The van der Waals surface area contributed by atoms with E-state index in [1.807, 2.05) is 27.7 Å². The van der Waals surface area contributed by atoms with Gasteiger partial charge >= 0.3 is 7.12 Å². The number of hydrogen-bond donors (Lipinski definition) is 0. The Balaban J connectivity index is 1.85. The molecular weight excluding hydrogens is 285 g/mol. The van der Waals surface area contributed by atoms with Gasteiger partial charge in [0.25, 0.3) is 0 Å². The molecule has 2 aliphatic rings. The molecule has 0 unspecified atom stereocenters. The Labute approximate surface area is 130 Å². The summed E-state index contributed by atoms with van der Waals surface area (Å²) >= 11 is 0. The van der Waals surface area contributed by atoms with Crippen LogP contribution in [-0.2, 0) is 9.31 Å². The van der Waals surface area contributed by atoms with Crippen LogP contribution < -0.4 is 0 Å². The van der Waals surface area contributed by atoms with Crippen molar-refractivity contribution in [2.24, 2.45) is 0 Å². The number of benzene rings is 1. The molecule has 0 atom stereocenters. The first kappa shape index (κ1) is 15.7. The van der Waals surface area contributed by atoms with E-state index in [9.17, 15) is 8.78 Å². The molecule has 2 nitrogen and oxygen atoms in total. The average molecular weight is 306 g/mol. The molecule has 1 aliphatic carbocycles. The van der Waals surface area contributed by atoms with Crippen LogP contribution in [0.25, 0.3) is 6.08 Å². The Kier molecular flexibility index (Phi) is 3.69. The van der Waals surface area contributed by atoms with Crippen LogP contribution in [0.15, 0.2) is 23.9 Å². The lowest BCUT2D eigenvalue weighted by Gasteiger charge is -2.32. The third-order valence-corrected chi connectivity index (χ3v) is 4.84. The molecule has 5 heteroatoms. The van der Waals surface area contributed by atoms with Crippen LogP contribution in [0.4, 0.5) is 8.78 Å². The van der Waals surface area contributed by atoms with E-state index in [4.69, 9.17) is 9.31 Å². The fourth-order valence-electron chi connectivity index (χ4n) is 2.52. The van der Waals surface area contributed by atoms with Crippen LogP contribution >= 0.6 is 0 Å². The van der Waals surface area contributed by atoms with Gasteiger partial charge in [0.2, 0.25) is 0 Å². The summed E-state index contributed by atoms with van der Waals surface area (Å²) in [7, 11) is -1.09. The Hall–Kier alpha value is -1.20. The van der Waals surface area contributed by atoms with Crippen molar-refractivity contribution in [2.75, 3.05) is 0 Å². The highest BCUT2D eigenvalue weighted by molar-refractivity contribution is 6.54. The molecule has 0 radical (unpaired) electrons. The van der Waals surface area contributed by atoms with Gasteiger partial charge in [-0.3, -0.25) is 0 Å². The maximum absolute atomic E-state index is 14.5. The van der Waals surface area contributed by atoms with Gasteiger partial charge in [0.15, 0.2) is 0 Å². The molecule has 1 aliphatic heterocycles. The van der Waals surface area contributed by atoms with E-state index in [0.717, 1.165) is 18.4 Å². The molecule has 1 saturated carbocycles. The summed E-state index contributed by atoms with van der Waals surface area (Å²) in [4.78, 5) is 0. The standard InChI is InChI=1S/C17H21BF2O2/c1-16(2)17(3,4)22-18(21-16)15(20)10-13-9-12(11-5-6-11)7-8-14(13)19/h7-11H,5-6H2,1-4H3. The predicted molar refractivity (Wildman–Crippen MR) is 83.5 cm³/mol. The third kappa shape index (κ3) is 2.84. The highest BCUT2D eigenvalue weighted by Crippen LogP contribution is 2.41. The van der Waals surface area contributed by atoms with E-state index in [1.54, 1.807) is 12.1 Å². The molecule has 1 aromatic rings. The van der Waals surface area contributed by atoms with Crippen LogP contribution in [-0.4, -0.2) is 18.3 Å². The fourth-order valence-corrected chi connectivity index (χ4v) is 2.52. The summed E-state index contributed by atoms with van der Waals surface area (Å²) < 4.78 is 39.6. The summed E-state index contributed by atoms with van der Waals surface area (Å²) in [5, 5.41) is 0. The lowest BCUT2D eigenvalue weighted by molar-refractivity contribution is 0.00578. The Bertz CT molecular complexity index is 605. The van der Waals surface area contributed by atoms with Crippen LogP contribution in [0.3, 0.4) is 0 Å². The topological polar surface area (TPSA) is 18.5 Å². The minimum atomic E-state index is -1.09. The second-order valence-electron chi connectivity index (χ2n) is 7.17. The fraction of sp³-hybridized carbons (Fsp3) is 0.529. The first-order valence-electron chi connectivity index (χ1n) is 7.72. The summed E-state index contributed by atoms with van der Waals surface area (Å²) in [6.07, 6.45) is 3.42.